The van der Waals surface area contributed by atoms with Crippen molar-refractivity contribution in [2.45, 2.75) is 66.6 Å². The van der Waals surface area contributed by atoms with Crippen LogP contribution in [-0.4, -0.2) is 38.6 Å². The van der Waals surface area contributed by atoms with Crippen LogP contribution in [0.3, 0.4) is 0 Å². The molecule has 4 aromatic carbocycles. The Morgan fingerprint density at radius 1 is 0.721 bits per heavy atom. The zero-order valence-corrected chi connectivity index (χ0v) is 26.1. The largest absolute Gasteiger partial charge is 0.504 e. The van der Waals surface area contributed by atoms with Gasteiger partial charge in [0.1, 0.15) is 0 Å². The number of benzene rings is 4. The van der Waals surface area contributed by atoms with E-state index in [0.717, 1.165) is 24.1 Å². The summed E-state index contributed by atoms with van der Waals surface area (Å²) >= 11 is 0. The molecule has 0 unspecified atom stereocenters. The first kappa shape index (κ1) is 32.0. The number of aromatic hydroxyl groups is 2. The van der Waals surface area contributed by atoms with E-state index in [-0.39, 0.29) is 32.4 Å². The van der Waals surface area contributed by atoms with Crippen molar-refractivity contribution in [1.29, 1.82) is 0 Å². The molecule has 4 rings (SSSR count). The van der Waals surface area contributed by atoms with Gasteiger partial charge in [-0.25, -0.2) is 16.8 Å². The third-order valence-corrected chi connectivity index (χ3v) is 10.9. The van der Waals surface area contributed by atoms with Crippen LogP contribution in [0.5, 0.6) is 11.5 Å². The van der Waals surface area contributed by atoms with Gasteiger partial charge in [0.25, 0.3) is 0 Å². The van der Waals surface area contributed by atoms with E-state index in [1.165, 1.54) is 24.3 Å². The van der Waals surface area contributed by atoms with Crippen molar-refractivity contribution in [1.82, 2.24) is 0 Å². The van der Waals surface area contributed by atoms with Gasteiger partial charge in [0.05, 0.1) is 26.0 Å². The molecule has 226 valence electrons. The van der Waals surface area contributed by atoms with Crippen molar-refractivity contribution in [2.75, 3.05) is 5.75 Å². The molecule has 0 aliphatic heterocycles. The number of hydrogen-bond acceptors (Lipinski definition) is 7. The first-order chi connectivity index (χ1) is 20.2. The summed E-state index contributed by atoms with van der Waals surface area (Å²) in [6.07, 6.45) is 1.51. The van der Waals surface area contributed by atoms with Crippen molar-refractivity contribution in [3.8, 4) is 11.5 Å². The van der Waals surface area contributed by atoms with Gasteiger partial charge in [0.15, 0.2) is 27.1 Å². The summed E-state index contributed by atoms with van der Waals surface area (Å²) in [6, 6.07) is 24.5. The van der Waals surface area contributed by atoms with Crippen LogP contribution in [0.15, 0.2) is 106 Å². The van der Waals surface area contributed by atoms with Crippen LogP contribution in [0.1, 0.15) is 60.7 Å². The second-order valence-corrected chi connectivity index (χ2v) is 15.6. The number of hydrogen-bond donors (Lipinski definition) is 2. The van der Waals surface area contributed by atoms with E-state index in [2.05, 4.69) is 0 Å². The minimum Gasteiger partial charge on any atom is -0.504 e. The van der Waals surface area contributed by atoms with E-state index in [1.54, 1.807) is 24.3 Å². The monoisotopic (exact) mass is 620 g/mol. The standard InChI is InChI=1S/C34H36O7S2/c1-34(2,3)29-14-7-8-15-32(29)43(40,41)26-18-16-25(17-19-26)21-30(35)28-22-27(23-31(36)33(28)37)42(38,39)20-10-9-13-24-11-5-4-6-12-24/h4-8,11-12,14-19,22-23,36-37H,9-10,13,20-21H2,1-3H3. The molecule has 0 spiro atoms. The average molecular weight is 621 g/mol. The highest BCUT2D eigenvalue weighted by molar-refractivity contribution is 7.91. The molecule has 0 saturated carbocycles. The van der Waals surface area contributed by atoms with Crippen LogP contribution in [0.25, 0.3) is 0 Å². The summed E-state index contributed by atoms with van der Waals surface area (Å²) in [5.74, 6) is -2.20. The minimum absolute atomic E-state index is 0.0706. The molecule has 0 aliphatic rings. The molecule has 4 aromatic rings. The Hall–Kier alpha value is -3.95. The van der Waals surface area contributed by atoms with Gasteiger partial charge in [-0.1, -0.05) is 81.4 Å². The summed E-state index contributed by atoms with van der Waals surface area (Å²) in [6.45, 7) is 5.82. The fourth-order valence-electron chi connectivity index (χ4n) is 4.88. The van der Waals surface area contributed by atoms with Crippen LogP contribution in [0.4, 0.5) is 0 Å². The smallest absolute Gasteiger partial charge is 0.206 e. The van der Waals surface area contributed by atoms with Gasteiger partial charge >= 0.3 is 0 Å². The Kier molecular flexibility index (Phi) is 9.47. The maximum absolute atomic E-state index is 13.5. The van der Waals surface area contributed by atoms with E-state index in [1.807, 2.05) is 51.1 Å². The molecule has 2 N–H and O–H groups in total. The number of phenols is 2. The highest BCUT2D eigenvalue weighted by Crippen LogP contribution is 2.35. The molecule has 0 amide bonds. The topological polar surface area (TPSA) is 126 Å². The number of ketones is 1. The lowest BCUT2D eigenvalue weighted by Gasteiger charge is -2.22. The molecule has 0 fully saturated rings. The Bertz CT molecular complexity index is 1820. The van der Waals surface area contributed by atoms with Crippen molar-refractivity contribution in [3.63, 3.8) is 0 Å². The van der Waals surface area contributed by atoms with Gasteiger partial charge in [-0.2, -0.15) is 0 Å². The Morgan fingerprint density at radius 2 is 1.35 bits per heavy atom. The quantitative estimate of drug-likeness (QED) is 0.112. The molecule has 0 aliphatic carbocycles. The van der Waals surface area contributed by atoms with Gasteiger partial charge < -0.3 is 10.2 Å². The van der Waals surface area contributed by atoms with Gasteiger partial charge in [0, 0.05) is 12.5 Å². The number of aryl methyl sites for hydroxylation is 1. The third-order valence-electron chi connectivity index (χ3n) is 7.28. The van der Waals surface area contributed by atoms with Crippen molar-refractivity contribution in [3.05, 3.63) is 113 Å². The molecule has 0 saturated heterocycles. The van der Waals surface area contributed by atoms with Crippen LogP contribution < -0.4 is 0 Å². The van der Waals surface area contributed by atoms with Gasteiger partial charge in [-0.15, -0.1) is 0 Å². The number of sulfone groups is 2. The Morgan fingerprint density at radius 3 is 2.00 bits per heavy atom. The van der Waals surface area contributed by atoms with Gasteiger partial charge in [-0.05, 0) is 65.6 Å². The predicted molar refractivity (Wildman–Crippen MR) is 166 cm³/mol. The zero-order chi connectivity index (χ0) is 31.4. The zero-order valence-electron chi connectivity index (χ0n) is 24.4. The number of carbonyl (C=O) groups is 1. The lowest BCUT2D eigenvalue weighted by molar-refractivity contribution is 0.0989. The first-order valence-corrected chi connectivity index (χ1v) is 17.1. The summed E-state index contributed by atoms with van der Waals surface area (Å²) < 4.78 is 52.9. The molecule has 43 heavy (non-hydrogen) atoms. The molecule has 0 radical (unpaired) electrons. The van der Waals surface area contributed by atoms with Crippen molar-refractivity contribution < 1.29 is 31.8 Å². The van der Waals surface area contributed by atoms with E-state index >= 15 is 0 Å². The van der Waals surface area contributed by atoms with Gasteiger partial charge in [0.2, 0.25) is 9.84 Å². The lowest BCUT2D eigenvalue weighted by Crippen LogP contribution is -2.17. The number of rotatable bonds is 11. The summed E-state index contributed by atoms with van der Waals surface area (Å²) in [7, 11) is -7.67. The molecule has 0 bridgehead atoms. The summed E-state index contributed by atoms with van der Waals surface area (Å²) in [5.41, 5.74) is 1.54. The molecule has 9 heteroatoms. The number of unbranched alkanes of at least 4 members (excludes halogenated alkanes) is 1. The highest BCUT2D eigenvalue weighted by atomic mass is 32.2. The van der Waals surface area contributed by atoms with Crippen molar-refractivity contribution in [2.24, 2.45) is 0 Å². The lowest BCUT2D eigenvalue weighted by atomic mass is 9.87. The number of Topliss-reactive ketones (excluding diaryl/α,β-unsaturated/α-hetero) is 1. The average Bonchev–Trinajstić information content (AvgIpc) is 2.97. The molecule has 7 nitrogen and oxygen atoms in total. The molecule has 0 atom stereocenters. The molecular formula is C34H36O7S2. The van der Waals surface area contributed by atoms with Crippen molar-refractivity contribution >= 4 is 25.5 Å². The third kappa shape index (κ3) is 7.53. The first-order valence-electron chi connectivity index (χ1n) is 14.0. The van der Waals surface area contributed by atoms with Crippen LogP contribution in [0, 0.1) is 0 Å². The maximum Gasteiger partial charge on any atom is 0.206 e. The molecular weight excluding hydrogens is 585 g/mol. The normalized spacial score (nSPS) is 12.3. The van der Waals surface area contributed by atoms with Crippen LogP contribution >= 0.6 is 0 Å². The minimum atomic E-state index is -3.84. The Labute approximate surface area is 253 Å². The van der Waals surface area contributed by atoms with E-state index in [0.29, 0.717) is 24.0 Å². The fourth-order valence-corrected chi connectivity index (χ4v) is 7.96. The predicted octanol–water partition coefficient (Wildman–Crippen LogP) is 6.45. The second-order valence-electron chi connectivity index (χ2n) is 11.6. The van der Waals surface area contributed by atoms with Crippen LogP contribution in [-0.2, 0) is 37.9 Å². The maximum atomic E-state index is 13.5. The SMILES string of the molecule is CC(C)(C)c1ccccc1S(=O)(=O)c1ccc(CC(=O)c2cc(S(=O)(=O)CCCCc3ccccc3)cc(O)c2O)cc1. The Balaban J connectivity index is 1.50. The van der Waals surface area contributed by atoms with E-state index in [4.69, 9.17) is 0 Å². The highest BCUT2D eigenvalue weighted by Gasteiger charge is 2.27. The second kappa shape index (κ2) is 12.7. The molecule has 0 aromatic heterocycles. The number of phenolic OH excluding ortho intramolecular Hbond substituents is 2. The summed E-state index contributed by atoms with van der Waals surface area (Å²) in [5, 5.41) is 20.7. The van der Waals surface area contributed by atoms with Gasteiger partial charge in [-0.3, -0.25) is 4.79 Å². The molecule has 0 heterocycles. The van der Waals surface area contributed by atoms with E-state index < -0.39 is 42.4 Å². The van der Waals surface area contributed by atoms with Crippen LogP contribution in [0.2, 0.25) is 0 Å². The number of carbonyl (C=O) groups excluding carboxylic acids is 1. The fraction of sp³-hybridized carbons (Fsp3) is 0.265. The summed E-state index contributed by atoms with van der Waals surface area (Å²) in [4.78, 5) is 13.2. The van der Waals surface area contributed by atoms with E-state index in [9.17, 15) is 31.8 Å².